The minimum Gasteiger partial charge on any atom is -0.416 e. The Morgan fingerprint density at radius 1 is 1.15 bits per heavy atom. The maximum atomic E-state index is 10.5. The van der Waals surface area contributed by atoms with Gasteiger partial charge in [0.05, 0.1) is 22.5 Å². The second kappa shape index (κ2) is 10.1. The van der Waals surface area contributed by atoms with Crippen LogP contribution in [0.4, 0.5) is 17.3 Å². The molecule has 1 aliphatic rings. The van der Waals surface area contributed by atoms with Gasteiger partial charge in [-0.1, -0.05) is 39.8 Å². The molecule has 0 aliphatic carbocycles. The fraction of sp³-hybridized carbons (Fsp3) is 0.452. The number of aliphatic hydroxyl groups is 1. The van der Waals surface area contributed by atoms with E-state index < -0.39 is 13.9 Å². The van der Waals surface area contributed by atoms with Gasteiger partial charge in [0.15, 0.2) is 8.32 Å². The molecule has 8 heteroatoms. The van der Waals surface area contributed by atoms with E-state index in [4.69, 9.17) is 9.41 Å². The molecule has 0 bridgehead atoms. The molecule has 0 fully saturated rings. The van der Waals surface area contributed by atoms with E-state index in [0.29, 0.717) is 24.7 Å². The molecule has 2 aromatic carbocycles. The minimum atomic E-state index is -1.94. The lowest BCUT2D eigenvalue weighted by atomic mass is 9.83. The molecule has 0 saturated carbocycles. The topological polar surface area (TPSA) is 103 Å². The molecule has 7 nitrogen and oxygen atoms in total. The number of nitrogens with one attached hydrogen (secondary N) is 2. The lowest BCUT2D eigenvalue weighted by Gasteiger charge is -2.39. The highest BCUT2D eigenvalue weighted by molar-refractivity contribution is 6.74. The van der Waals surface area contributed by atoms with Crippen LogP contribution in [0.1, 0.15) is 63.8 Å². The molecule has 0 amide bonds. The SMILES string of the molecule is Cc1ccc(C(C)(C)O)cc1Nc1nccc(-c2cc(C#N)c3c(c2)[C@@](C)(CO[Si](C)(C)C(C)(C)C)CN3)n1. The summed E-state index contributed by atoms with van der Waals surface area (Å²) in [6.07, 6.45) is 1.72. The number of nitrogens with zero attached hydrogens (tertiary/aromatic N) is 3. The summed E-state index contributed by atoms with van der Waals surface area (Å²) in [7, 11) is -1.94. The third-order valence-electron chi connectivity index (χ3n) is 8.26. The zero-order chi connectivity index (χ0) is 28.8. The fourth-order valence-corrected chi connectivity index (χ4v) is 5.56. The van der Waals surface area contributed by atoms with E-state index >= 15 is 0 Å². The molecule has 206 valence electrons. The van der Waals surface area contributed by atoms with Crippen molar-refractivity contribution in [2.45, 2.75) is 77.6 Å². The van der Waals surface area contributed by atoms with E-state index in [0.717, 1.165) is 39.3 Å². The number of rotatable bonds is 7. The minimum absolute atomic E-state index is 0.118. The van der Waals surface area contributed by atoms with Gasteiger partial charge in [-0.3, -0.25) is 0 Å². The van der Waals surface area contributed by atoms with Crippen LogP contribution < -0.4 is 10.6 Å². The molecule has 3 N–H and O–H groups in total. The lowest BCUT2D eigenvalue weighted by Crippen LogP contribution is -2.45. The predicted molar refractivity (Wildman–Crippen MR) is 161 cm³/mol. The monoisotopic (exact) mass is 543 g/mol. The first-order valence-corrected chi connectivity index (χ1v) is 16.4. The largest absolute Gasteiger partial charge is 0.416 e. The summed E-state index contributed by atoms with van der Waals surface area (Å²) < 4.78 is 6.65. The number of benzene rings is 2. The quantitative estimate of drug-likeness (QED) is 0.276. The number of aromatic nitrogens is 2. The Bertz CT molecular complexity index is 1430. The van der Waals surface area contributed by atoms with E-state index in [1.54, 1.807) is 20.0 Å². The van der Waals surface area contributed by atoms with E-state index in [1.165, 1.54) is 0 Å². The highest BCUT2D eigenvalue weighted by Crippen LogP contribution is 2.44. The molecule has 0 unspecified atom stereocenters. The second-order valence-corrected chi connectivity index (χ2v) is 17.8. The van der Waals surface area contributed by atoms with E-state index in [2.05, 4.69) is 68.5 Å². The Labute approximate surface area is 233 Å². The average molecular weight is 544 g/mol. The van der Waals surface area contributed by atoms with Crippen molar-refractivity contribution in [3.05, 3.63) is 64.8 Å². The van der Waals surface area contributed by atoms with Crippen LogP contribution in [-0.2, 0) is 15.4 Å². The summed E-state index contributed by atoms with van der Waals surface area (Å²) in [5, 5.41) is 27.4. The zero-order valence-corrected chi connectivity index (χ0v) is 25.7. The number of aryl methyl sites for hydroxylation is 1. The van der Waals surface area contributed by atoms with Crippen molar-refractivity contribution in [1.82, 2.24) is 9.97 Å². The van der Waals surface area contributed by atoms with E-state index in [1.807, 2.05) is 37.3 Å². The van der Waals surface area contributed by atoms with Gasteiger partial charge in [-0.15, -0.1) is 0 Å². The van der Waals surface area contributed by atoms with E-state index in [9.17, 15) is 10.4 Å². The summed E-state index contributed by atoms with van der Waals surface area (Å²) in [4.78, 5) is 9.24. The van der Waals surface area contributed by atoms with Crippen molar-refractivity contribution < 1.29 is 9.53 Å². The van der Waals surface area contributed by atoms with Crippen molar-refractivity contribution in [3.8, 4) is 17.3 Å². The number of fused-ring (bicyclic) bond motifs is 1. The molecule has 1 aromatic heterocycles. The van der Waals surface area contributed by atoms with Crippen LogP contribution in [-0.4, -0.2) is 36.5 Å². The molecule has 1 atom stereocenters. The Morgan fingerprint density at radius 3 is 2.51 bits per heavy atom. The van der Waals surface area contributed by atoms with Crippen molar-refractivity contribution in [2.24, 2.45) is 0 Å². The van der Waals surface area contributed by atoms with Crippen LogP contribution in [0.5, 0.6) is 0 Å². The van der Waals surface area contributed by atoms with Gasteiger partial charge >= 0.3 is 0 Å². The average Bonchev–Trinajstić information content (AvgIpc) is 3.19. The fourth-order valence-electron chi connectivity index (χ4n) is 4.45. The van der Waals surface area contributed by atoms with Crippen LogP contribution in [0.2, 0.25) is 18.1 Å². The molecule has 39 heavy (non-hydrogen) atoms. The van der Waals surface area contributed by atoms with Crippen molar-refractivity contribution in [3.63, 3.8) is 0 Å². The van der Waals surface area contributed by atoms with Crippen molar-refractivity contribution >= 4 is 25.6 Å². The number of hydrogen-bond donors (Lipinski definition) is 3. The van der Waals surface area contributed by atoms with Gasteiger partial charge in [0.1, 0.15) is 6.07 Å². The van der Waals surface area contributed by atoms with Gasteiger partial charge in [0, 0.05) is 36.0 Å². The number of nitriles is 1. The summed E-state index contributed by atoms with van der Waals surface area (Å²) >= 11 is 0. The second-order valence-electron chi connectivity index (χ2n) is 13.0. The Kier molecular flexibility index (Phi) is 7.41. The normalized spacial score (nSPS) is 17.4. The molecule has 4 rings (SSSR count). The summed E-state index contributed by atoms with van der Waals surface area (Å²) in [5.41, 5.74) is 5.57. The van der Waals surface area contributed by atoms with E-state index in [-0.39, 0.29) is 10.5 Å². The zero-order valence-electron chi connectivity index (χ0n) is 24.7. The van der Waals surface area contributed by atoms with Gasteiger partial charge in [0.25, 0.3) is 0 Å². The van der Waals surface area contributed by atoms with Crippen molar-refractivity contribution in [1.29, 1.82) is 5.26 Å². The van der Waals surface area contributed by atoms with Crippen LogP contribution in [0.15, 0.2) is 42.6 Å². The molecule has 0 spiro atoms. The molecule has 0 saturated heterocycles. The highest BCUT2D eigenvalue weighted by atomic mass is 28.4. The van der Waals surface area contributed by atoms with Gasteiger partial charge in [0.2, 0.25) is 5.95 Å². The van der Waals surface area contributed by atoms with Gasteiger partial charge in [-0.25, -0.2) is 9.97 Å². The third-order valence-corrected chi connectivity index (χ3v) is 12.7. The first-order valence-electron chi connectivity index (χ1n) is 13.4. The van der Waals surface area contributed by atoms with Crippen LogP contribution in [0.25, 0.3) is 11.3 Å². The van der Waals surface area contributed by atoms with Gasteiger partial charge in [-0.05, 0) is 79.9 Å². The number of anilines is 3. The maximum absolute atomic E-state index is 10.5. The Hall–Kier alpha value is -3.25. The lowest BCUT2D eigenvalue weighted by molar-refractivity contribution is 0.0786. The Morgan fingerprint density at radius 2 is 1.87 bits per heavy atom. The summed E-state index contributed by atoms with van der Waals surface area (Å²) in [5.74, 6) is 0.449. The predicted octanol–water partition coefficient (Wildman–Crippen LogP) is 7.00. The van der Waals surface area contributed by atoms with Crippen LogP contribution >= 0.6 is 0 Å². The standard InChI is InChI=1S/C31H41N5O2Si/c1-20-10-11-23(30(5,6)37)16-26(20)36-28-33-13-12-25(35-28)21-14-22(17-32)27-24(15-21)31(7,18-34-27)19-38-39(8,9)29(2,3)4/h10-16,34,37H,18-19H2,1-9H3,(H,33,35,36)/t31-/m1/s1. The molecule has 2 heterocycles. The van der Waals surface area contributed by atoms with Crippen LogP contribution in [0.3, 0.4) is 0 Å². The molecular formula is C31H41N5O2Si. The smallest absolute Gasteiger partial charge is 0.227 e. The molecule has 1 aliphatic heterocycles. The first-order chi connectivity index (χ1) is 18.0. The highest BCUT2D eigenvalue weighted by Gasteiger charge is 2.42. The molecule has 3 aromatic rings. The first kappa shape index (κ1) is 28.7. The van der Waals surface area contributed by atoms with Gasteiger partial charge in [-0.2, -0.15) is 5.26 Å². The van der Waals surface area contributed by atoms with Crippen LogP contribution in [0, 0.1) is 18.3 Å². The molecular weight excluding hydrogens is 502 g/mol. The van der Waals surface area contributed by atoms with Crippen molar-refractivity contribution in [2.75, 3.05) is 23.8 Å². The summed E-state index contributed by atoms with van der Waals surface area (Å²) in [6, 6.07) is 14.1. The third kappa shape index (κ3) is 5.86. The maximum Gasteiger partial charge on any atom is 0.227 e. The van der Waals surface area contributed by atoms with Gasteiger partial charge < -0.3 is 20.2 Å². The molecule has 0 radical (unpaired) electrons. The number of hydrogen-bond acceptors (Lipinski definition) is 7. The Balaban J connectivity index is 1.68. The summed E-state index contributed by atoms with van der Waals surface area (Å²) in [6.45, 7) is 20.3.